The van der Waals surface area contributed by atoms with Gasteiger partial charge in [0.05, 0.1) is 5.69 Å². The smallest absolute Gasteiger partial charge is 0.125 e. The molecule has 4 heteroatoms. The van der Waals surface area contributed by atoms with Crippen LogP contribution >= 0.6 is 0 Å². The van der Waals surface area contributed by atoms with E-state index in [0.29, 0.717) is 0 Å². The number of hydrogen-bond donors (Lipinski definition) is 2. The Morgan fingerprint density at radius 3 is 2.77 bits per heavy atom. The van der Waals surface area contributed by atoms with Crippen LogP contribution in [0.15, 0.2) is 30.6 Å². The molecule has 0 amide bonds. The molecule has 0 atom stereocenters. The van der Waals surface area contributed by atoms with Crippen LogP contribution in [0.25, 0.3) is 11.3 Å². The van der Waals surface area contributed by atoms with Crippen molar-refractivity contribution in [2.75, 3.05) is 12.4 Å². The van der Waals surface area contributed by atoms with Crippen molar-refractivity contribution in [2.45, 2.75) is 0 Å². The molecule has 0 aliphatic heterocycles. The second kappa shape index (κ2) is 3.26. The topological polar surface area (TPSA) is 53.6 Å². The first-order valence-corrected chi connectivity index (χ1v) is 4.03. The first kappa shape index (κ1) is 7.79. The Hall–Kier alpha value is -1.84. The highest BCUT2D eigenvalue weighted by atomic mass is 15.1. The summed E-state index contributed by atoms with van der Waals surface area (Å²) >= 11 is 0. The lowest BCUT2D eigenvalue weighted by Crippen LogP contribution is -1.91. The van der Waals surface area contributed by atoms with Crippen LogP contribution in [0.1, 0.15) is 0 Å². The van der Waals surface area contributed by atoms with Gasteiger partial charge in [0.15, 0.2) is 0 Å². The highest BCUT2D eigenvalue weighted by Crippen LogP contribution is 2.15. The Balaban J connectivity index is 2.33. The maximum atomic E-state index is 4.19. The number of anilines is 1. The van der Waals surface area contributed by atoms with Gasteiger partial charge in [-0.3, -0.25) is 5.10 Å². The Labute approximate surface area is 76.0 Å². The first-order valence-electron chi connectivity index (χ1n) is 4.03. The monoisotopic (exact) mass is 174 g/mol. The molecule has 0 radical (unpaired) electrons. The van der Waals surface area contributed by atoms with E-state index >= 15 is 0 Å². The summed E-state index contributed by atoms with van der Waals surface area (Å²) in [6.45, 7) is 0. The molecular weight excluding hydrogens is 164 g/mol. The number of H-pyrrole nitrogens is 1. The largest absolute Gasteiger partial charge is 0.373 e. The minimum atomic E-state index is 0.864. The number of pyridine rings is 1. The van der Waals surface area contributed by atoms with E-state index in [-0.39, 0.29) is 0 Å². The zero-order valence-corrected chi connectivity index (χ0v) is 7.28. The van der Waals surface area contributed by atoms with Gasteiger partial charge in [0.25, 0.3) is 0 Å². The van der Waals surface area contributed by atoms with Crippen LogP contribution in [0, 0.1) is 0 Å². The Morgan fingerprint density at radius 1 is 1.31 bits per heavy atom. The molecule has 0 fully saturated rings. The normalized spacial score (nSPS) is 9.92. The lowest BCUT2D eigenvalue weighted by molar-refractivity contribution is 1.09. The molecule has 0 saturated heterocycles. The van der Waals surface area contributed by atoms with Crippen LogP contribution in [0.3, 0.4) is 0 Å². The number of aromatic nitrogens is 3. The molecule has 2 aromatic heterocycles. The molecule has 13 heavy (non-hydrogen) atoms. The highest BCUT2D eigenvalue weighted by molar-refractivity contribution is 5.58. The molecule has 2 N–H and O–H groups in total. The minimum Gasteiger partial charge on any atom is -0.373 e. The summed E-state index contributed by atoms with van der Waals surface area (Å²) in [6.07, 6.45) is 3.53. The molecule has 0 aliphatic carbocycles. The van der Waals surface area contributed by atoms with E-state index in [1.807, 2.05) is 25.2 Å². The second-order valence-corrected chi connectivity index (χ2v) is 2.65. The predicted molar refractivity (Wildman–Crippen MR) is 51.4 cm³/mol. The molecule has 2 rings (SSSR count). The van der Waals surface area contributed by atoms with Crippen molar-refractivity contribution in [3.8, 4) is 11.3 Å². The molecule has 0 spiro atoms. The Bertz CT molecular complexity index is 363. The van der Waals surface area contributed by atoms with Gasteiger partial charge in [0.1, 0.15) is 5.82 Å². The van der Waals surface area contributed by atoms with Crippen molar-refractivity contribution in [3.63, 3.8) is 0 Å². The van der Waals surface area contributed by atoms with E-state index in [9.17, 15) is 0 Å². The van der Waals surface area contributed by atoms with Gasteiger partial charge in [0.2, 0.25) is 0 Å². The number of hydrogen-bond acceptors (Lipinski definition) is 3. The fourth-order valence-corrected chi connectivity index (χ4v) is 1.12. The van der Waals surface area contributed by atoms with Gasteiger partial charge < -0.3 is 5.32 Å². The summed E-state index contributed by atoms with van der Waals surface area (Å²) in [5, 5.41) is 9.72. The average molecular weight is 174 g/mol. The zero-order valence-electron chi connectivity index (χ0n) is 7.28. The van der Waals surface area contributed by atoms with Gasteiger partial charge >= 0.3 is 0 Å². The molecule has 2 aromatic rings. The van der Waals surface area contributed by atoms with Gasteiger partial charge in [-0.2, -0.15) is 5.10 Å². The molecule has 0 aliphatic rings. The summed E-state index contributed by atoms with van der Waals surface area (Å²) < 4.78 is 0. The molecule has 0 bridgehead atoms. The van der Waals surface area contributed by atoms with Crippen LogP contribution in [0.2, 0.25) is 0 Å². The molecular formula is C9H10N4. The summed E-state index contributed by atoms with van der Waals surface area (Å²) in [5.74, 6) is 0.864. The number of rotatable bonds is 2. The van der Waals surface area contributed by atoms with E-state index in [4.69, 9.17) is 0 Å². The lowest BCUT2D eigenvalue weighted by Gasteiger charge is -1.99. The summed E-state index contributed by atoms with van der Waals surface area (Å²) in [7, 11) is 1.85. The van der Waals surface area contributed by atoms with Crippen LogP contribution in [-0.2, 0) is 0 Å². The molecule has 0 aromatic carbocycles. The van der Waals surface area contributed by atoms with Crippen LogP contribution in [0.5, 0.6) is 0 Å². The van der Waals surface area contributed by atoms with Crippen molar-refractivity contribution in [2.24, 2.45) is 0 Å². The third kappa shape index (κ3) is 1.51. The van der Waals surface area contributed by atoms with Crippen molar-refractivity contribution < 1.29 is 0 Å². The van der Waals surface area contributed by atoms with E-state index < -0.39 is 0 Å². The molecule has 0 saturated carbocycles. The number of nitrogens with one attached hydrogen (secondary N) is 2. The van der Waals surface area contributed by atoms with Crippen molar-refractivity contribution in [1.82, 2.24) is 15.2 Å². The number of nitrogens with zero attached hydrogens (tertiary/aromatic N) is 2. The molecule has 0 unspecified atom stereocenters. The van der Waals surface area contributed by atoms with Gasteiger partial charge in [-0.05, 0) is 18.2 Å². The maximum Gasteiger partial charge on any atom is 0.125 e. The van der Waals surface area contributed by atoms with E-state index in [0.717, 1.165) is 17.1 Å². The van der Waals surface area contributed by atoms with Crippen molar-refractivity contribution >= 4 is 5.82 Å². The third-order valence-electron chi connectivity index (χ3n) is 1.83. The third-order valence-corrected chi connectivity index (χ3v) is 1.83. The molecule has 66 valence electrons. The van der Waals surface area contributed by atoms with Crippen molar-refractivity contribution in [1.29, 1.82) is 0 Å². The summed E-state index contributed by atoms with van der Waals surface area (Å²) in [5.41, 5.74) is 2.02. The zero-order chi connectivity index (χ0) is 9.10. The van der Waals surface area contributed by atoms with Gasteiger partial charge in [-0.15, -0.1) is 0 Å². The lowest BCUT2D eigenvalue weighted by atomic mass is 10.2. The van der Waals surface area contributed by atoms with Crippen LogP contribution in [0.4, 0.5) is 5.82 Å². The van der Waals surface area contributed by atoms with Crippen LogP contribution in [-0.4, -0.2) is 22.2 Å². The minimum absolute atomic E-state index is 0.864. The standard InChI is InChI=1S/C9H10N4/c1-10-9-3-2-7(6-11-9)8-4-5-12-13-8/h2-6H,1H3,(H,10,11)(H,12,13). The molecule has 4 nitrogen and oxygen atoms in total. The molecule has 2 heterocycles. The Morgan fingerprint density at radius 2 is 2.23 bits per heavy atom. The average Bonchev–Trinajstić information content (AvgIpc) is 2.71. The first-order chi connectivity index (χ1) is 6.40. The quantitative estimate of drug-likeness (QED) is 0.725. The van der Waals surface area contributed by atoms with E-state index in [1.54, 1.807) is 12.4 Å². The van der Waals surface area contributed by atoms with Gasteiger partial charge in [-0.25, -0.2) is 4.98 Å². The van der Waals surface area contributed by atoms with E-state index in [2.05, 4.69) is 20.5 Å². The van der Waals surface area contributed by atoms with Gasteiger partial charge in [-0.1, -0.05) is 0 Å². The fraction of sp³-hybridized carbons (Fsp3) is 0.111. The SMILES string of the molecule is CNc1ccc(-c2ccn[nH]2)cn1. The highest BCUT2D eigenvalue weighted by Gasteiger charge is 1.98. The van der Waals surface area contributed by atoms with Crippen molar-refractivity contribution in [3.05, 3.63) is 30.6 Å². The Kier molecular flexibility index (Phi) is 1.96. The van der Waals surface area contributed by atoms with E-state index in [1.165, 1.54) is 0 Å². The summed E-state index contributed by atoms with van der Waals surface area (Å²) in [4.78, 5) is 4.19. The van der Waals surface area contributed by atoms with Crippen LogP contribution < -0.4 is 5.32 Å². The van der Waals surface area contributed by atoms with Gasteiger partial charge in [0, 0.05) is 25.0 Å². The second-order valence-electron chi connectivity index (χ2n) is 2.65. The number of aromatic amines is 1. The predicted octanol–water partition coefficient (Wildman–Crippen LogP) is 1.51. The maximum absolute atomic E-state index is 4.19. The fourth-order valence-electron chi connectivity index (χ4n) is 1.12. The summed E-state index contributed by atoms with van der Waals surface area (Å²) in [6, 6.07) is 5.83.